The molecule has 0 unspecified atom stereocenters. The van der Waals surface area contributed by atoms with Crippen LogP contribution in [0.5, 0.6) is 11.5 Å². The molecule has 2 aromatic carbocycles. The molecule has 3 N–H and O–H groups in total. The van der Waals surface area contributed by atoms with Gasteiger partial charge in [-0.25, -0.2) is 0 Å². The lowest BCUT2D eigenvalue weighted by Crippen LogP contribution is -2.12. The fourth-order valence-corrected chi connectivity index (χ4v) is 1.90. The number of ether oxygens (including phenoxy) is 1. The van der Waals surface area contributed by atoms with Crippen molar-refractivity contribution in [1.29, 1.82) is 0 Å². The molecule has 6 heteroatoms. The van der Waals surface area contributed by atoms with E-state index in [9.17, 15) is 14.7 Å². The van der Waals surface area contributed by atoms with Crippen molar-refractivity contribution < 1.29 is 24.5 Å². The first-order chi connectivity index (χ1) is 10.5. The Morgan fingerprint density at radius 2 is 1.82 bits per heavy atom. The average Bonchev–Trinajstić information content (AvgIpc) is 2.50. The number of hydrogen-bond acceptors (Lipinski definition) is 4. The molecule has 6 nitrogen and oxygen atoms in total. The monoisotopic (exact) mass is 301 g/mol. The Morgan fingerprint density at radius 1 is 1.14 bits per heavy atom. The Bertz CT molecular complexity index is 694. The van der Waals surface area contributed by atoms with Gasteiger partial charge in [-0.2, -0.15) is 0 Å². The number of phenols is 1. The van der Waals surface area contributed by atoms with Crippen LogP contribution >= 0.6 is 0 Å². The summed E-state index contributed by atoms with van der Waals surface area (Å²) in [6, 6.07) is 10.8. The predicted molar refractivity (Wildman–Crippen MR) is 80.4 cm³/mol. The molecule has 0 aromatic heterocycles. The van der Waals surface area contributed by atoms with Crippen LogP contribution < -0.4 is 10.1 Å². The molecule has 2 aromatic rings. The number of methoxy groups -OCH3 is 1. The van der Waals surface area contributed by atoms with Crippen molar-refractivity contribution in [3.8, 4) is 11.5 Å². The Morgan fingerprint density at radius 3 is 2.41 bits per heavy atom. The van der Waals surface area contributed by atoms with Gasteiger partial charge in [0.25, 0.3) is 5.91 Å². The fourth-order valence-electron chi connectivity index (χ4n) is 1.90. The number of hydrogen-bond donors (Lipinski definition) is 3. The minimum absolute atomic E-state index is 0.129. The molecule has 114 valence electrons. The van der Waals surface area contributed by atoms with Crippen molar-refractivity contribution in [2.75, 3.05) is 12.4 Å². The van der Waals surface area contributed by atoms with Crippen LogP contribution in [0.4, 0.5) is 5.69 Å². The third-order valence-corrected chi connectivity index (χ3v) is 3.02. The molecule has 0 radical (unpaired) electrons. The number of benzene rings is 2. The summed E-state index contributed by atoms with van der Waals surface area (Å²) in [5.74, 6) is -0.901. The molecule has 2 rings (SSSR count). The molecule has 0 atom stereocenters. The number of carboxylic acids is 1. The Labute approximate surface area is 127 Å². The molecule has 0 saturated carbocycles. The summed E-state index contributed by atoms with van der Waals surface area (Å²) in [5, 5.41) is 21.1. The van der Waals surface area contributed by atoms with Crippen LogP contribution in [0.1, 0.15) is 15.9 Å². The second kappa shape index (κ2) is 6.62. The van der Waals surface area contributed by atoms with Gasteiger partial charge in [0.15, 0.2) is 0 Å². The SMILES string of the molecule is COc1ccc(C(=O)Nc2cc(CC(=O)O)ccc2O)cc1. The molecule has 22 heavy (non-hydrogen) atoms. The number of carboxylic acid groups (broad SMARTS) is 1. The van der Waals surface area contributed by atoms with E-state index in [0.717, 1.165) is 0 Å². The third-order valence-electron chi connectivity index (χ3n) is 3.02. The maximum atomic E-state index is 12.1. The van der Waals surface area contributed by atoms with E-state index < -0.39 is 11.9 Å². The van der Waals surface area contributed by atoms with Gasteiger partial charge in [0, 0.05) is 5.56 Å². The van der Waals surface area contributed by atoms with Gasteiger partial charge in [-0.05, 0) is 42.0 Å². The zero-order valence-corrected chi connectivity index (χ0v) is 11.9. The lowest BCUT2D eigenvalue weighted by atomic mass is 10.1. The lowest BCUT2D eigenvalue weighted by Gasteiger charge is -2.09. The minimum Gasteiger partial charge on any atom is -0.506 e. The van der Waals surface area contributed by atoms with Gasteiger partial charge in [0.2, 0.25) is 0 Å². The zero-order chi connectivity index (χ0) is 16.1. The molecule has 0 aliphatic heterocycles. The van der Waals surface area contributed by atoms with E-state index in [1.807, 2.05) is 0 Å². The largest absolute Gasteiger partial charge is 0.506 e. The van der Waals surface area contributed by atoms with E-state index in [0.29, 0.717) is 16.9 Å². The average molecular weight is 301 g/mol. The van der Waals surface area contributed by atoms with Crippen LogP contribution in [0.2, 0.25) is 0 Å². The molecule has 0 spiro atoms. The van der Waals surface area contributed by atoms with E-state index in [1.54, 1.807) is 24.3 Å². The number of carbonyl (C=O) groups is 2. The van der Waals surface area contributed by atoms with Gasteiger partial charge in [-0.15, -0.1) is 0 Å². The second-order valence-electron chi connectivity index (χ2n) is 4.60. The van der Waals surface area contributed by atoms with Crippen molar-refractivity contribution in [2.24, 2.45) is 0 Å². The van der Waals surface area contributed by atoms with Gasteiger partial charge >= 0.3 is 5.97 Å². The standard InChI is InChI=1S/C16H15NO5/c1-22-12-5-3-11(4-6-12)16(21)17-13-8-10(9-15(19)20)2-7-14(13)18/h2-8,18H,9H2,1H3,(H,17,21)(H,19,20). The first kappa shape index (κ1) is 15.4. The summed E-state index contributed by atoms with van der Waals surface area (Å²) in [6.07, 6.45) is -0.189. The number of nitrogens with one attached hydrogen (secondary N) is 1. The number of phenolic OH excluding ortho intramolecular Hbond substituents is 1. The smallest absolute Gasteiger partial charge is 0.307 e. The molecule has 0 heterocycles. The topological polar surface area (TPSA) is 95.9 Å². The molecule has 0 fully saturated rings. The van der Waals surface area contributed by atoms with E-state index in [-0.39, 0.29) is 17.9 Å². The van der Waals surface area contributed by atoms with Gasteiger partial charge in [-0.1, -0.05) is 6.07 Å². The van der Waals surface area contributed by atoms with Gasteiger partial charge in [-0.3, -0.25) is 9.59 Å². The second-order valence-corrected chi connectivity index (χ2v) is 4.60. The number of aliphatic carboxylic acids is 1. The van der Waals surface area contributed by atoms with E-state index >= 15 is 0 Å². The summed E-state index contributed by atoms with van der Waals surface area (Å²) in [7, 11) is 1.53. The minimum atomic E-state index is -0.988. The van der Waals surface area contributed by atoms with Crippen molar-refractivity contribution >= 4 is 17.6 Å². The van der Waals surface area contributed by atoms with E-state index in [1.165, 1.54) is 25.3 Å². The van der Waals surface area contributed by atoms with E-state index in [4.69, 9.17) is 9.84 Å². The zero-order valence-electron chi connectivity index (χ0n) is 11.9. The molecule has 0 aliphatic rings. The quantitative estimate of drug-likeness (QED) is 0.736. The number of rotatable bonds is 5. The Kier molecular flexibility index (Phi) is 4.63. The van der Waals surface area contributed by atoms with Crippen molar-refractivity contribution in [1.82, 2.24) is 0 Å². The maximum absolute atomic E-state index is 12.1. The predicted octanol–water partition coefficient (Wildman–Crippen LogP) is 2.28. The normalized spacial score (nSPS) is 10.0. The van der Waals surface area contributed by atoms with Crippen LogP contribution in [0, 0.1) is 0 Å². The Hall–Kier alpha value is -3.02. The number of anilines is 1. The first-order valence-electron chi connectivity index (χ1n) is 6.48. The van der Waals surface area contributed by atoms with Crippen LogP contribution in [-0.4, -0.2) is 29.2 Å². The number of carbonyl (C=O) groups excluding carboxylic acids is 1. The van der Waals surface area contributed by atoms with Crippen LogP contribution in [0.15, 0.2) is 42.5 Å². The number of amides is 1. The molecule has 0 saturated heterocycles. The molecule has 0 aliphatic carbocycles. The summed E-state index contributed by atoms with van der Waals surface area (Å²) >= 11 is 0. The van der Waals surface area contributed by atoms with Gasteiger partial charge in [0.05, 0.1) is 19.2 Å². The van der Waals surface area contributed by atoms with Crippen molar-refractivity contribution in [2.45, 2.75) is 6.42 Å². The first-order valence-corrected chi connectivity index (χ1v) is 6.48. The highest BCUT2D eigenvalue weighted by Gasteiger charge is 2.11. The summed E-state index contributed by atoms with van der Waals surface area (Å²) < 4.78 is 5.01. The highest BCUT2D eigenvalue weighted by molar-refractivity contribution is 6.05. The summed E-state index contributed by atoms with van der Waals surface area (Å²) in [5.41, 5.74) is 1.04. The molecule has 1 amide bonds. The fraction of sp³-hybridized carbons (Fsp3) is 0.125. The van der Waals surface area contributed by atoms with Gasteiger partial charge in [0.1, 0.15) is 11.5 Å². The highest BCUT2D eigenvalue weighted by atomic mass is 16.5. The highest BCUT2D eigenvalue weighted by Crippen LogP contribution is 2.25. The van der Waals surface area contributed by atoms with Crippen LogP contribution in [0.25, 0.3) is 0 Å². The molecular weight excluding hydrogens is 286 g/mol. The van der Waals surface area contributed by atoms with Crippen LogP contribution in [-0.2, 0) is 11.2 Å². The molecule has 0 bridgehead atoms. The lowest BCUT2D eigenvalue weighted by molar-refractivity contribution is -0.136. The summed E-state index contributed by atoms with van der Waals surface area (Å²) in [6.45, 7) is 0. The molecular formula is C16H15NO5. The summed E-state index contributed by atoms with van der Waals surface area (Å²) in [4.78, 5) is 22.8. The van der Waals surface area contributed by atoms with E-state index in [2.05, 4.69) is 5.32 Å². The number of aromatic hydroxyl groups is 1. The Balaban J connectivity index is 2.17. The van der Waals surface area contributed by atoms with Crippen molar-refractivity contribution in [3.05, 3.63) is 53.6 Å². The van der Waals surface area contributed by atoms with Crippen molar-refractivity contribution in [3.63, 3.8) is 0 Å². The van der Waals surface area contributed by atoms with Crippen LogP contribution in [0.3, 0.4) is 0 Å². The maximum Gasteiger partial charge on any atom is 0.307 e. The van der Waals surface area contributed by atoms with Gasteiger partial charge < -0.3 is 20.3 Å². The third kappa shape index (κ3) is 3.76.